The van der Waals surface area contributed by atoms with Gasteiger partial charge < -0.3 is 47.4 Å². The van der Waals surface area contributed by atoms with E-state index < -0.39 is 35.3 Å². The van der Waals surface area contributed by atoms with E-state index in [1.54, 1.807) is 12.1 Å². The maximum Gasteiger partial charge on any atom is 0.343 e. The lowest BCUT2D eigenvalue weighted by atomic mass is 9.97. The van der Waals surface area contributed by atoms with Gasteiger partial charge in [0.1, 0.15) is 19.0 Å². The van der Waals surface area contributed by atoms with E-state index in [0.717, 1.165) is 22.4 Å². The Labute approximate surface area is 545 Å². The van der Waals surface area contributed by atoms with Gasteiger partial charge in [-0.05, 0) is 84.1 Å². The number of fused-ring (bicyclic) bond motifs is 3. The highest BCUT2D eigenvalue weighted by Gasteiger charge is 2.51. The third-order valence-corrected chi connectivity index (χ3v) is 16.7. The number of allylic oxidation sites excluding steroid dienone is 1. The maximum absolute atomic E-state index is 15.4. The molecule has 0 atom stereocenters. The molecule has 466 valence electrons. The number of rotatable bonds is 19. The Bertz CT molecular complexity index is 4630. The van der Waals surface area contributed by atoms with Gasteiger partial charge in [-0.15, -0.1) is 0 Å². The molecule has 14 nitrogen and oxygen atoms in total. The van der Waals surface area contributed by atoms with Crippen LogP contribution < -0.4 is 42.6 Å². The molecule has 0 saturated carbocycles. The van der Waals surface area contributed by atoms with Crippen LogP contribution in [0.15, 0.2) is 290 Å². The summed E-state index contributed by atoms with van der Waals surface area (Å²) in [6, 6.07) is 80.4. The van der Waals surface area contributed by atoms with Gasteiger partial charge in [-0.3, -0.25) is 4.99 Å². The first-order chi connectivity index (χ1) is 46.6. The van der Waals surface area contributed by atoms with E-state index in [-0.39, 0.29) is 87.5 Å². The zero-order chi connectivity index (χ0) is 64.4. The molecule has 0 N–H and O–H groups in total. The van der Waals surface area contributed by atoms with Crippen molar-refractivity contribution in [3.05, 3.63) is 352 Å². The van der Waals surface area contributed by atoms with Gasteiger partial charge in [-0.25, -0.2) is 18.8 Å². The molecular formula is C80H56FNO13. The molecule has 95 heavy (non-hydrogen) atoms. The fraction of sp³-hybridized carbons (Fsp3) is 0.100. The Morgan fingerprint density at radius 3 is 1.14 bits per heavy atom. The molecule has 0 radical (unpaired) electrons. The fourth-order valence-corrected chi connectivity index (χ4v) is 12.0. The van der Waals surface area contributed by atoms with Gasteiger partial charge in [0.2, 0.25) is 17.2 Å². The van der Waals surface area contributed by atoms with Crippen molar-refractivity contribution in [2.75, 3.05) is 13.2 Å². The smallest absolute Gasteiger partial charge is 0.343 e. The lowest BCUT2D eigenvalue weighted by Gasteiger charge is -2.28. The van der Waals surface area contributed by atoms with Crippen LogP contribution in [0.3, 0.4) is 0 Å². The van der Waals surface area contributed by atoms with E-state index >= 15 is 9.59 Å². The predicted molar refractivity (Wildman–Crippen MR) is 350 cm³/mol. The van der Waals surface area contributed by atoms with Crippen LogP contribution >= 0.6 is 0 Å². The number of hydrogen-bond donors (Lipinski definition) is 0. The largest absolute Gasteiger partial charge is 0.485 e. The van der Waals surface area contributed by atoms with E-state index in [2.05, 4.69) is 4.99 Å². The van der Waals surface area contributed by atoms with Gasteiger partial charge in [0.15, 0.2) is 34.5 Å². The fourth-order valence-electron chi connectivity index (χ4n) is 12.0. The molecule has 0 amide bonds. The van der Waals surface area contributed by atoms with Crippen molar-refractivity contribution in [3.8, 4) is 51.7 Å². The molecule has 11 aromatic carbocycles. The molecule has 0 aliphatic carbocycles. The summed E-state index contributed by atoms with van der Waals surface area (Å²) in [5, 5.41) is 0. The van der Waals surface area contributed by atoms with E-state index in [1.165, 1.54) is 48.5 Å². The first-order valence-corrected chi connectivity index (χ1v) is 30.8. The second kappa shape index (κ2) is 25.1. The lowest BCUT2D eigenvalue weighted by Crippen LogP contribution is -2.36. The van der Waals surface area contributed by atoms with Gasteiger partial charge in [-0.1, -0.05) is 224 Å². The summed E-state index contributed by atoms with van der Waals surface area (Å²) in [4.78, 5) is 49.8. The highest BCUT2D eigenvalue weighted by atomic mass is 19.1. The Balaban J connectivity index is 0.799. The van der Waals surface area contributed by atoms with E-state index in [4.69, 9.17) is 47.4 Å². The zero-order valence-corrected chi connectivity index (χ0v) is 50.7. The summed E-state index contributed by atoms with van der Waals surface area (Å²) in [6.45, 7) is 0.331. The molecular weight excluding hydrogens is 1200 g/mol. The van der Waals surface area contributed by atoms with E-state index in [0.29, 0.717) is 52.8 Å². The van der Waals surface area contributed by atoms with Gasteiger partial charge in [-0.2, -0.15) is 0 Å². The van der Waals surface area contributed by atoms with Crippen molar-refractivity contribution in [1.29, 1.82) is 0 Å². The topological polar surface area (TPSA) is 156 Å². The van der Waals surface area contributed by atoms with E-state index in [9.17, 15) is 9.18 Å². The number of aryl methyl sites for hydroxylation is 1. The van der Waals surface area contributed by atoms with Crippen LogP contribution in [0.1, 0.15) is 82.0 Å². The summed E-state index contributed by atoms with van der Waals surface area (Å²) in [6.07, 6.45) is 3.15. The number of benzene rings is 11. The molecule has 15 heteroatoms. The van der Waals surface area contributed by atoms with Crippen LogP contribution in [0.2, 0.25) is 0 Å². The summed E-state index contributed by atoms with van der Waals surface area (Å²) in [5.74, 6) is -7.50. The number of hydrogen-bond acceptors (Lipinski definition) is 14. The summed E-state index contributed by atoms with van der Waals surface area (Å²) in [7, 11) is 0. The number of nitrogens with zero attached hydrogens (tertiary/aromatic N) is 1. The van der Waals surface area contributed by atoms with Crippen molar-refractivity contribution in [2.45, 2.75) is 36.8 Å². The molecule has 0 aromatic heterocycles. The maximum atomic E-state index is 15.4. The molecule has 11 aromatic rings. The summed E-state index contributed by atoms with van der Waals surface area (Å²) in [5.41, 5.74) is 6.91. The first kappa shape index (κ1) is 59.1. The summed E-state index contributed by atoms with van der Waals surface area (Å²) >= 11 is 0. The van der Waals surface area contributed by atoms with Gasteiger partial charge >= 0.3 is 35.3 Å². The summed E-state index contributed by atoms with van der Waals surface area (Å²) < 4.78 is 80.5. The molecule has 15 rings (SSSR count). The van der Waals surface area contributed by atoms with Crippen molar-refractivity contribution in [1.82, 2.24) is 0 Å². The van der Waals surface area contributed by atoms with Crippen LogP contribution in [-0.4, -0.2) is 36.8 Å². The normalized spacial score (nSPS) is 14.7. The van der Waals surface area contributed by atoms with Gasteiger partial charge in [0, 0.05) is 39.1 Å². The number of aliphatic imine (C=N–C) groups is 1. The lowest BCUT2D eigenvalue weighted by molar-refractivity contribution is -0.0471. The standard InChI is InChI=1S/C80H56FNO13/c81-64-39-36-52(37-40-64)38-41-65-42-54(49-82-65)51-87-75(83)55-44-67(73-70(46-55)91-79(94-73,60-28-14-4-15-29-60)61-30-16-5-17-31-61)88-77(85)57-45-68(74-71(48-57)92-80(95-74,62-32-18-6-19-33-62)63-34-20-7-21-35-63)89-76(84)56-43-66(86-50-53-22-8-1-9-23-53)72-69(47-56)90-78(93-72,58-24-10-2-11-25-58)59-26-12-3-13-27-59/h1-37,39-40,42-48H,38,41,49-51H2. The van der Waals surface area contributed by atoms with E-state index in [1.807, 2.05) is 218 Å². The van der Waals surface area contributed by atoms with Gasteiger partial charge in [0.25, 0.3) is 0 Å². The number of carbonyl (C=O) groups is 3. The SMILES string of the molecule is O=C(OCC1=CC(CCc2ccc(F)cc2)=NC1)c1cc(OC(=O)c2cc(OC(=O)c3cc(OCc4ccccc4)c4c(c3)OC(c3ccccc3)(c3ccccc3)O4)c3c(c2)OC(c2ccccc2)(c2ccccc2)O3)c2c(c1)OC(c1ccccc1)(c1ccccc1)O2. The molecule has 0 bridgehead atoms. The number of halogens is 1. The minimum Gasteiger partial charge on any atom is -0.485 e. The van der Waals surface area contributed by atoms with Gasteiger partial charge in [0.05, 0.1) is 23.2 Å². The average Bonchev–Trinajstić information content (AvgIpc) is 1.61. The molecule has 4 aliphatic heterocycles. The minimum atomic E-state index is -1.67. The van der Waals surface area contributed by atoms with Crippen LogP contribution in [-0.2, 0) is 35.1 Å². The van der Waals surface area contributed by atoms with Crippen LogP contribution in [0.4, 0.5) is 4.39 Å². The highest BCUT2D eigenvalue weighted by Crippen LogP contribution is 2.57. The first-order valence-electron chi connectivity index (χ1n) is 30.8. The van der Waals surface area contributed by atoms with Crippen molar-refractivity contribution < 1.29 is 66.1 Å². The minimum absolute atomic E-state index is 0.00323. The molecule has 0 spiro atoms. The molecule has 0 unspecified atom stereocenters. The molecule has 0 saturated heterocycles. The molecule has 4 aliphatic rings. The third kappa shape index (κ3) is 11.6. The van der Waals surface area contributed by atoms with Crippen LogP contribution in [0.25, 0.3) is 0 Å². The van der Waals surface area contributed by atoms with Crippen molar-refractivity contribution in [2.24, 2.45) is 4.99 Å². The predicted octanol–water partition coefficient (Wildman–Crippen LogP) is 16.0. The van der Waals surface area contributed by atoms with Crippen LogP contribution in [0.5, 0.6) is 51.7 Å². The Morgan fingerprint density at radius 1 is 0.379 bits per heavy atom. The molecule has 4 heterocycles. The second-order valence-electron chi connectivity index (χ2n) is 22.9. The number of ether oxygens (including phenoxy) is 10. The molecule has 0 fully saturated rings. The quantitative estimate of drug-likeness (QED) is 0.0557. The van der Waals surface area contributed by atoms with Crippen LogP contribution in [0, 0.1) is 5.82 Å². The average molecular weight is 1260 g/mol. The van der Waals surface area contributed by atoms with Crippen molar-refractivity contribution in [3.63, 3.8) is 0 Å². The monoisotopic (exact) mass is 1260 g/mol. The Hall–Kier alpha value is -12.2. The number of carbonyl (C=O) groups excluding carboxylic acids is 3. The zero-order valence-electron chi connectivity index (χ0n) is 50.7. The highest BCUT2D eigenvalue weighted by molar-refractivity contribution is 5.99. The Kier molecular flexibility index (Phi) is 15.6. The second-order valence-corrected chi connectivity index (χ2v) is 22.9. The van der Waals surface area contributed by atoms with Crippen molar-refractivity contribution >= 4 is 23.6 Å². The Morgan fingerprint density at radius 2 is 0.737 bits per heavy atom. The number of esters is 3. The third-order valence-electron chi connectivity index (χ3n) is 16.7.